The van der Waals surface area contributed by atoms with E-state index in [1.807, 2.05) is 45.9 Å². The van der Waals surface area contributed by atoms with E-state index in [2.05, 4.69) is 24.2 Å². The number of hydrogen-bond acceptors (Lipinski definition) is 4. The molecule has 0 N–H and O–H groups in total. The van der Waals surface area contributed by atoms with Crippen molar-refractivity contribution in [1.29, 1.82) is 0 Å². The Labute approximate surface area is 180 Å². The molecule has 29 heavy (non-hydrogen) atoms. The van der Waals surface area contributed by atoms with Crippen LogP contribution in [-0.4, -0.2) is 44.7 Å². The minimum atomic E-state index is -1.16. The van der Waals surface area contributed by atoms with E-state index in [9.17, 15) is 0 Å². The molecule has 1 aromatic carbocycles. The van der Waals surface area contributed by atoms with E-state index in [1.165, 1.54) is 0 Å². The summed E-state index contributed by atoms with van der Waals surface area (Å²) in [5.74, 6) is 0.717. The predicted molar refractivity (Wildman–Crippen MR) is 123 cm³/mol. The first-order chi connectivity index (χ1) is 13.4. The van der Waals surface area contributed by atoms with Crippen LogP contribution >= 0.6 is 11.6 Å². The van der Waals surface area contributed by atoms with Gasteiger partial charge in [0, 0.05) is 25.1 Å². The summed E-state index contributed by atoms with van der Waals surface area (Å²) < 4.78 is 26.7. The number of nitrogens with zero attached hydrogens (tertiary/aromatic N) is 1. The maximum absolute atomic E-state index is 6.35. The van der Waals surface area contributed by atoms with Crippen molar-refractivity contribution in [3.63, 3.8) is 0 Å². The van der Waals surface area contributed by atoms with Crippen LogP contribution < -0.4 is 10.3 Å². The first-order valence-corrected chi connectivity index (χ1v) is 14.2. The van der Waals surface area contributed by atoms with Crippen LogP contribution in [0.25, 0.3) is 10.9 Å². The molecule has 0 bridgehead atoms. The van der Waals surface area contributed by atoms with Gasteiger partial charge in [0.05, 0.1) is 29.4 Å². The lowest BCUT2D eigenvalue weighted by molar-refractivity contribution is 0.00578. The first-order valence-electron chi connectivity index (χ1n) is 10.2. The van der Waals surface area contributed by atoms with Crippen LogP contribution in [0, 0.1) is 0 Å². The second-order valence-corrected chi connectivity index (χ2v) is 16.0. The van der Waals surface area contributed by atoms with Gasteiger partial charge in [-0.2, -0.15) is 0 Å². The van der Waals surface area contributed by atoms with Gasteiger partial charge in [0.1, 0.15) is 12.5 Å². The van der Waals surface area contributed by atoms with E-state index in [0.717, 1.165) is 34.9 Å². The van der Waals surface area contributed by atoms with E-state index in [0.29, 0.717) is 11.8 Å². The Morgan fingerprint density at radius 2 is 1.72 bits per heavy atom. The number of hydrogen-bond donors (Lipinski definition) is 0. The van der Waals surface area contributed by atoms with Crippen LogP contribution in [0.1, 0.15) is 27.7 Å². The topological polar surface area (TPSA) is 41.9 Å². The van der Waals surface area contributed by atoms with Crippen molar-refractivity contribution in [1.82, 2.24) is 4.57 Å². The molecule has 0 radical (unpaired) electrons. The fourth-order valence-corrected chi connectivity index (χ4v) is 4.32. The molecule has 0 atom stereocenters. The molecule has 0 amide bonds. The van der Waals surface area contributed by atoms with Crippen molar-refractivity contribution in [2.75, 3.05) is 13.7 Å². The van der Waals surface area contributed by atoms with Crippen LogP contribution in [0.4, 0.5) is 0 Å². The van der Waals surface area contributed by atoms with Crippen molar-refractivity contribution in [3.8, 4) is 5.75 Å². The van der Waals surface area contributed by atoms with E-state index in [4.69, 9.17) is 30.4 Å². The standard InChI is InChI=1S/C21H33BClNO4Si/c1-20(2)21(3,4)28-22(27-20)19-18(25-5)16-13-15(23)9-10-17(16)24(19)14-26-11-12-29(6,7)8/h9-10,13H,11-12,14H2,1-8H3. The molecule has 0 spiro atoms. The third-order valence-corrected chi connectivity index (χ3v) is 7.85. The maximum Gasteiger partial charge on any atom is 0.516 e. The molecule has 1 fully saturated rings. The second kappa shape index (κ2) is 7.93. The van der Waals surface area contributed by atoms with Gasteiger partial charge in [0.25, 0.3) is 0 Å². The summed E-state index contributed by atoms with van der Waals surface area (Å²) in [6, 6.07) is 6.91. The van der Waals surface area contributed by atoms with Gasteiger partial charge in [0.15, 0.2) is 0 Å². The highest BCUT2D eigenvalue weighted by Gasteiger charge is 2.54. The van der Waals surface area contributed by atoms with E-state index >= 15 is 0 Å². The number of halogens is 1. The molecular formula is C21H33BClNO4Si. The average Bonchev–Trinajstić information content (AvgIpc) is 3.00. The SMILES string of the molecule is COc1c(B2OC(C)(C)C(C)(C)O2)n(COCC[Si](C)(C)C)c2ccc(Cl)cc12. The maximum atomic E-state index is 6.35. The van der Waals surface area contributed by atoms with E-state index in [1.54, 1.807) is 7.11 Å². The number of aromatic nitrogens is 1. The third-order valence-electron chi connectivity index (χ3n) is 5.91. The Morgan fingerprint density at radius 3 is 2.28 bits per heavy atom. The number of benzene rings is 1. The summed E-state index contributed by atoms with van der Waals surface area (Å²) in [4.78, 5) is 0. The molecule has 2 heterocycles. The van der Waals surface area contributed by atoms with Gasteiger partial charge in [-0.3, -0.25) is 0 Å². The average molecular weight is 438 g/mol. The molecule has 2 aromatic rings. The molecular weight excluding hydrogens is 405 g/mol. The minimum Gasteiger partial charge on any atom is -0.495 e. The largest absolute Gasteiger partial charge is 0.516 e. The Bertz CT molecular complexity index is 875. The summed E-state index contributed by atoms with van der Waals surface area (Å²) in [6.07, 6.45) is 0. The van der Waals surface area contributed by atoms with Crippen molar-refractivity contribution >= 4 is 43.3 Å². The van der Waals surface area contributed by atoms with Crippen molar-refractivity contribution in [2.24, 2.45) is 0 Å². The highest BCUT2D eigenvalue weighted by atomic mass is 35.5. The lowest BCUT2D eigenvalue weighted by atomic mass is 9.83. The smallest absolute Gasteiger partial charge is 0.495 e. The summed E-state index contributed by atoms with van der Waals surface area (Å²) in [5.41, 5.74) is 0.932. The second-order valence-electron chi connectivity index (χ2n) is 9.94. The Morgan fingerprint density at radius 1 is 1.10 bits per heavy atom. The van der Waals surface area contributed by atoms with E-state index < -0.39 is 26.4 Å². The zero-order valence-electron chi connectivity index (χ0n) is 18.9. The van der Waals surface area contributed by atoms with Crippen LogP contribution in [0.2, 0.25) is 30.7 Å². The lowest BCUT2D eigenvalue weighted by Gasteiger charge is -2.32. The van der Waals surface area contributed by atoms with Gasteiger partial charge in [-0.1, -0.05) is 31.2 Å². The lowest BCUT2D eigenvalue weighted by Crippen LogP contribution is -2.41. The zero-order chi connectivity index (χ0) is 21.6. The summed E-state index contributed by atoms with van der Waals surface area (Å²) in [6.45, 7) is 16.4. The van der Waals surface area contributed by atoms with Crippen LogP contribution in [-0.2, 0) is 20.8 Å². The van der Waals surface area contributed by atoms with Crippen molar-refractivity contribution in [2.45, 2.75) is 71.3 Å². The molecule has 1 aliphatic rings. The molecule has 0 saturated carbocycles. The van der Waals surface area contributed by atoms with Gasteiger partial charge in [0.2, 0.25) is 0 Å². The third kappa shape index (κ3) is 4.54. The summed E-state index contributed by atoms with van der Waals surface area (Å²) >= 11 is 6.28. The van der Waals surface area contributed by atoms with Gasteiger partial charge < -0.3 is 23.3 Å². The molecule has 0 unspecified atom stereocenters. The van der Waals surface area contributed by atoms with Crippen LogP contribution in [0.3, 0.4) is 0 Å². The number of fused-ring (bicyclic) bond motifs is 1. The highest BCUT2D eigenvalue weighted by molar-refractivity contribution is 6.76. The van der Waals surface area contributed by atoms with E-state index in [-0.39, 0.29) is 0 Å². The first kappa shape index (κ1) is 22.7. The molecule has 0 aliphatic carbocycles. The van der Waals surface area contributed by atoms with Gasteiger partial charge in [-0.25, -0.2) is 0 Å². The van der Waals surface area contributed by atoms with Crippen molar-refractivity contribution < 1.29 is 18.8 Å². The molecule has 160 valence electrons. The Kier molecular flexibility index (Phi) is 6.20. The zero-order valence-corrected chi connectivity index (χ0v) is 20.6. The van der Waals surface area contributed by atoms with Gasteiger partial charge in [-0.15, -0.1) is 0 Å². The fourth-order valence-electron chi connectivity index (χ4n) is 3.39. The predicted octanol–water partition coefficient (Wildman–Crippen LogP) is 4.91. The quantitative estimate of drug-likeness (QED) is 0.455. The molecule has 3 rings (SSSR count). The summed E-state index contributed by atoms with van der Waals surface area (Å²) in [5, 5.41) is 1.59. The van der Waals surface area contributed by atoms with Crippen molar-refractivity contribution in [3.05, 3.63) is 23.2 Å². The Balaban J connectivity index is 2.02. The molecule has 5 nitrogen and oxygen atoms in total. The number of rotatable bonds is 7. The minimum absolute atomic E-state index is 0.408. The molecule has 1 saturated heterocycles. The molecule has 8 heteroatoms. The molecule has 1 aliphatic heterocycles. The Hall–Kier alpha value is -0.988. The fraction of sp³-hybridized carbons (Fsp3) is 0.619. The molecule has 1 aromatic heterocycles. The number of methoxy groups -OCH3 is 1. The van der Waals surface area contributed by atoms with Crippen LogP contribution in [0.5, 0.6) is 5.75 Å². The number of ether oxygens (including phenoxy) is 2. The highest BCUT2D eigenvalue weighted by Crippen LogP contribution is 2.39. The van der Waals surface area contributed by atoms with Gasteiger partial charge in [-0.05, 0) is 51.9 Å². The van der Waals surface area contributed by atoms with Gasteiger partial charge >= 0.3 is 7.12 Å². The monoisotopic (exact) mass is 437 g/mol. The normalized spacial score (nSPS) is 18.6. The van der Waals surface area contributed by atoms with Crippen LogP contribution in [0.15, 0.2) is 18.2 Å². The summed E-state index contributed by atoms with van der Waals surface area (Å²) in [7, 11) is -0.0478.